The van der Waals surface area contributed by atoms with Crippen LogP contribution in [0.1, 0.15) is 5.56 Å². The molecule has 0 bridgehead atoms. The largest absolute Gasteiger partial charge is 0.416 e. The predicted octanol–water partition coefficient (Wildman–Crippen LogP) is 1.65. The van der Waals surface area contributed by atoms with Gasteiger partial charge in [-0.25, -0.2) is 0 Å². The summed E-state index contributed by atoms with van der Waals surface area (Å²) in [6.07, 6.45) is -5.32. The Morgan fingerprint density at radius 2 is 2.14 bits per heavy atom. The lowest BCUT2D eigenvalue weighted by molar-refractivity contribution is -0.384. The Hall–Kier alpha value is -2.42. The van der Waals surface area contributed by atoms with Crippen LogP contribution in [0.4, 0.5) is 18.9 Å². The normalized spacial score (nSPS) is 13.1. The molecular weight excluding hydrogens is 293 g/mol. The van der Waals surface area contributed by atoms with Gasteiger partial charge >= 0.3 is 6.18 Å². The van der Waals surface area contributed by atoms with Crippen molar-refractivity contribution in [3.8, 4) is 0 Å². The average Bonchev–Trinajstić information content (AvgIpc) is 2.41. The first-order valence-corrected chi connectivity index (χ1v) is 5.65. The van der Waals surface area contributed by atoms with Gasteiger partial charge in [0, 0.05) is 18.2 Å². The lowest BCUT2D eigenvalue weighted by Crippen LogP contribution is -2.40. The zero-order chi connectivity index (χ0) is 16.0. The van der Waals surface area contributed by atoms with Crippen molar-refractivity contribution in [2.24, 2.45) is 0 Å². The predicted molar refractivity (Wildman–Crippen MR) is 67.2 cm³/mol. The van der Waals surface area contributed by atoms with Gasteiger partial charge in [0.2, 0.25) is 5.91 Å². The second kappa shape index (κ2) is 6.84. The molecule has 1 amide bonds. The molecule has 1 aromatic carbocycles. The van der Waals surface area contributed by atoms with E-state index in [0.717, 1.165) is 6.08 Å². The first kappa shape index (κ1) is 16.6. The second-order valence-corrected chi connectivity index (χ2v) is 3.99. The highest BCUT2D eigenvalue weighted by atomic mass is 19.4. The van der Waals surface area contributed by atoms with Crippen molar-refractivity contribution in [3.63, 3.8) is 0 Å². The Morgan fingerprint density at radius 1 is 1.48 bits per heavy atom. The number of nitrogens with zero attached hydrogens (tertiary/aromatic N) is 1. The van der Waals surface area contributed by atoms with Gasteiger partial charge in [-0.05, 0) is 11.6 Å². The number of alkyl halides is 3. The third-order valence-corrected chi connectivity index (χ3v) is 2.36. The highest BCUT2D eigenvalue weighted by Gasteiger charge is 2.37. The molecule has 0 aromatic heterocycles. The molecule has 0 saturated carbocycles. The topological polar surface area (TPSA) is 92.5 Å². The van der Waals surface area contributed by atoms with Crippen LogP contribution in [0.15, 0.2) is 30.3 Å². The fourth-order valence-electron chi connectivity index (χ4n) is 1.29. The van der Waals surface area contributed by atoms with Crippen LogP contribution >= 0.6 is 0 Å². The summed E-state index contributed by atoms with van der Waals surface area (Å²) in [5.74, 6) is -0.857. The summed E-state index contributed by atoms with van der Waals surface area (Å²) in [5, 5.41) is 21.1. The molecule has 1 rings (SSSR count). The molecule has 0 aliphatic rings. The summed E-state index contributed by atoms with van der Waals surface area (Å²) < 4.78 is 36.0. The number of benzene rings is 1. The number of aliphatic hydroxyl groups is 1. The Bertz CT molecular complexity index is 558. The molecule has 0 spiro atoms. The summed E-state index contributed by atoms with van der Waals surface area (Å²) >= 11 is 0. The van der Waals surface area contributed by atoms with Gasteiger partial charge in [0.1, 0.15) is 0 Å². The molecule has 1 aromatic rings. The van der Waals surface area contributed by atoms with Crippen molar-refractivity contribution < 1.29 is 28.0 Å². The van der Waals surface area contributed by atoms with Crippen LogP contribution in [0.25, 0.3) is 6.08 Å². The number of amides is 1. The van der Waals surface area contributed by atoms with Crippen LogP contribution in [-0.4, -0.2) is 34.8 Å². The van der Waals surface area contributed by atoms with Gasteiger partial charge in [0.25, 0.3) is 5.69 Å². The number of hydrogen-bond donors (Lipinski definition) is 2. The lowest BCUT2D eigenvalue weighted by Gasteiger charge is -2.14. The molecular formula is C12H11F3N2O4. The fourth-order valence-corrected chi connectivity index (χ4v) is 1.29. The highest BCUT2D eigenvalue weighted by molar-refractivity contribution is 5.91. The number of nitro groups is 1. The van der Waals surface area contributed by atoms with E-state index in [4.69, 9.17) is 5.11 Å². The second-order valence-electron chi connectivity index (χ2n) is 3.99. The molecule has 1 atom stereocenters. The van der Waals surface area contributed by atoms with Crippen LogP contribution in [0.2, 0.25) is 0 Å². The molecule has 0 fully saturated rings. The fraction of sp³-hybridized carbons (Fsp3) is 0.250. The molecule has 2 N–H and O–H groups in total. The van der Waals surface area contributed by atoms with Crippen molar-refractivity contribution in [2.75, 3.05) is 6.54 Å². The van der Waals surface area contributed by atoms with E-state index in [0.29, 0.717) is 5.56 Å². The van der Waals surface area contributed by atoms with Crippen LogP contribution in [0.3, 0.4) is 0 Å². The Balaban J connectivity index is 2.59. The Labute approximate surface area is 117 Å². The van der Waals surface area contributed by atoms with Gasteiger partial charge in [-0.3, -0.25) is 14.9 Å². The van der Waals surface area contributed by atoms with Crippen molar-refractivity contribution in [3.05, 3.63) is 46.0 Å². The van der Waals surface area contributed by atoms with Crippen LogP contribution in [-0.2, 0) is 4.79 Å². The number of rotatable bonds is 5. The molecule has 6 nitrogen and oxygen atoms in total. The van der Waals surface area contributed by atoms with Gasteiger partial charge < -0.3 is 10.4 Å². The molecule has 9 heteroatoms. The van der Waals surface area contributed by atoms with Gasteiger partial charge in [0.05, 0.1) is 11.5 Å². The van der Waals surface area contributed by atoms with E-state index in [-0.39, 0.29) is 5.69 Å². The Morgan fingerprint density at radius 3 is 2.71 bits per heavy atom. The van der Waals surface area contributed by atoms with Gasteiger partial charge in [-0.1, -0.05) is 12.1 Å². The summed E-state index contributed by atoms with van der Waals surface area (Å²) in [6.45, 7) is -0.971. The maximum Gasteiger partial charge on any atom is 0.416 e. The zero-order valence-electron chi connectivity index (χ0n) is 10.5. The minimum atomic E-state index is -4.81. The minimum absolute atomic E-state index is 0.176. The maximum absolute atomic E-state index is 12.0. The van der Waals surface area contributed by atoms with E-state index in [1.165, 1.54) is 30.3 Å². The van der Waals surface area contributed by atoms with E-state index in [1.807, 2.05) is 5.32 Å². The zero-order valence-corrected chi connectivity index (χ0v) is 10.5. The smallest absolute Gasteiger partial charge is 0.382 e. The van der Waals surface area contributed by atoms with E-state index >= 15 is 0 Å². The SMILES string of the molecule is O=C(/C=C/c1cccc([N+](=O)[O-])c1)NCC(O)C(F)(F)F. The molecule has 0 radical (unpaired) electrons. The number of aliphatic hydroxyl groups excluding tert-OH is 1. The van der Waals surface area contributed by atoms with E-state index in [1.54, 1.807) is 0 Å². The van der Waals surface area contributed by atoms with E-state index < -0.39 is 29.7 Å². The summed E-state index contributed by atoms with van der Waals surface area (Å²) in [7, 11) is 0. The van der Waals surface area contributed by atoms with Crippen LogP contribution < -0.4 is 5.32 Å². The third kappa shape index (κ3) is 5.61. The highest BCUT2D eigenvalue weighted by Crippen LogP contribution is 2.19. The van der Waals surface area contributed by atoms with Gasteiger partial charge in [0.15, 0.2) is 6.10 Å². The molecule has 21 heavy (non-hydrogen) atoms. The molecule has 1 unspecified atom stereocenters. The third-order valence-electron chi connectivity index (χ3n) is 2.36. The first-order valence-electron chi connectivity index (χ1n) is 5.65. The Kier molecular flexibility index (Phi) is 5.42. The number of nitrogens with one attached hydrogen (secondary N) is 1. The van der Waals surface area contributed by atoms with Crippen molar-refractivity contribution in [1.29, 1.82) is 0 Å². The number of nitro benzene ring substituents is 1. The molecule has 0 saturated heterocycles. The lowest BCUT2D eigenvalue weighted by atomic mass is 10.2. The number of halogens is 3. The van der Waals surface area contributed by atoms with Crippen molar-refractivity contribution >= 4 is 17.7 Å². The summed E-state index contributed by atoms with van der Waals surface area (Å²) in [6, 6.07) is 5.36. The average molecular weight is 304 g/mol. The minimum Gasteiger partial charge on any atom is -0.382 e. The van der Waals surface area contributed by atoms with E-state index in [2.05, 4.69) is 0 Å². The van der Waals surface area contributed by atoms with E-state index in [9.17, 15) is 28.1 Å². The van der Waals surface area contributed by atoms with Crippen molar-refractivity contribution in [1.82, 2.24) is 5.32 Å². The number of carbonyl (C=O) groups excluding carboxylic acids is 1. The van der Waals surface area contributed by atoms with Crippen molar-refractivity contribution in [2.45, 2.75) is 12.3 Å². The quantitative estimate of drug-likeness (QED) is 0.491. The first-order chi connectivity index (χ1) is 9.70. The summed E-state index contributed by atoms with van der Waals surface area (Å²) in [5.41, 5.74) is 0.167. The standard InChI is InChI=1S/C12H11F3N2O4/c13-12(14,15)10(18)7-16-11(19)5-4-8-2-1-3-9(6-8)17(20)21/h1-6,10,18H,7H2,(H,16,19)/b5-4+. The van der Waals surface area contributed by atoms with Gasteiger partial charge in [-0.15, -0.1) is 0 Å². The number of non-ortho nitro benzene ring substituents is 1. The molecule has 0 aliphatic carbocycles. The number of hydrogen-bond acceptors (Lipinski definition) is 4. The summed E-state index contributed by atoms with van der Waals surface area (Å²) in [4.78, 5) is 21.2. The van der Waals surface area contributed by atoms with Crippen LogP contribution in [0.5, 0.6) is 0 Å². The monoisotopic (exact) mass is 304 g/mol. The van der Waals surface area contributed by atoms with Gasteiger partial charge in [-0.2, -0.15) is 13.2 Å². The number of carbonyl (C=O) groups is 1. The molecule has 0 heterocycles. The maximum atomic E-state index is 12.0. The van der Waals surface area contributed by atoms with Crippen LogP contribution in [0, 0.1) is 10.1 Å². The molecule has 114 valence electrons. The molecule has 0 aliphatic heterocycles.